The highest BCUT2D eigenvalue weighted by Crippen LogP contribution is 2.29. The second-order valence-electron chi connectivity index (χ2n) is 6.37. The Kier molecular flexibility index (Phi) is 6.07. The molecular weight excluding hydrogens is 334 g/mol. The third kappa shape index (κ3) is 4.81. The molecule has 5 nitrogen and oxygen atoms in total. The summed E-state index contributed by atoms with van der Waals surface area (Å²) in [5, 5.41) is 8.12. The molecule has 134 valence electrons. The van der Waals surface area contributed by atoms with Gasteiger partial charge < -0.3 is 15.4 Å². The number of carbonyl (C=O) groups excluding carboxylic acids is 1. The number of benzene rings is 1. The largest absolute Gasteiger partial charge is 0.379 e. The standard InChI is InChI=1S/C19H25N3O2S/c1-14-5-3-6-16(13-14)21-19(23)20-15(2)18(17-7-4-12-25-17)22-8-10-24-11-9-22/h3-7,12-13,15,18H,8-11H2,1-2H3,(H2,20,21,23)/t15-,18-/m1/s1. The Labute approximate surface area is 153 Å². The molecule has 0 unspecified atom stereocenters. The molecule has 1 aromatic heterocycles. The third-order valence-electron chi connectivity index (χ3n) is 4.38. The van der Waals surface area contributed by atoms with Crippen molar-refractivity contribution in [2.75, 3.05) is 31.6 Å². The van der Waals surface area contributed by atoms with Gasteiger partial charge in [-0.1, -0.05) is 18.2 Å². The maximum Gasteiger partial charge on any atom is 0.319 e. The predicted molar refractivity (Wildman–Crippen MR) is 102 cm³/mol. The van der Waals surface area contributed by atoms with Crippen molar-refractivity contribution in [3.05, 3.63) is 52.2 Å². The van der Waals surface area contributed by atoms with Crippen molar-refractivity contribution < 1.29 is 9.53 Å². The first kappa shape index (κ1) is 17.9. The van der Waals surface area contributed by atoms with Crippen LogP contribution >= 0.6 is 11.3 Å². The lowest BCUT2D eigenvalue weighted by atomic mass is 10.1. The Bertz CT molecular complexity index is 684. The Morgan fingerprint density at radius 1 is 1.24 bits per heavy atom. The van der Waals surface area contributed by atoms with E-state index in [0.717, 1.165) is 37.6 Å². The molecule has 1 fully saturated rings. The number of aryl methyl sites for hydroxylation is 1. The molecule has 2 atom stereocenters. The van der Waals surface area contributed by atoms with Crippen LogP contribution in [0.1, 0.15) is 23.4 Å². The molecule has 1 aliphatic rings. The van der Waals surface area contributed by atoms with E-state index in [0.29, 0.717) is 0 Å². The molecule has 25 heavy (non-hydrogen) atoms. The smallest absolute Gasteiger partial charge is 0.319 e. The first-order valence-electron chi connectivity index (χ1n) is 8.63. The number of nitrogens with one attached hydrogen (secondary N) is 2. The van der Waals surface area contributed by atoms with Crippen LogP contribution in [0.25, 0.3) is 0 Å². The average Bonchev–Trinajstić information content (AvgIpc) is 3.10. The number of rotatable bonds is 5. The van der Waals surface area contributed by atoms with Gasteiger partial charge in [0.25, 0.3) is 0 Å². The fraction of sp³-hybridized carbons (Fsp3) is 0.421. The number of thiophene rings is 1. The van der Waals surface area contributed by atoms with E-state index < -0.39 is 0 Å². The molecule has 1 aromatic carbocycles. The number of carbonyl (C=O) groups is 1. The summed E-state index contributed by atoms with van der Waals surface area (Å²) in [6.07, 6.45) is 0. The molecular formula is C19H25N3O2S. The van der Waals surface area contributed by atoms with Gasteiger partial charge >= 0.3 is 6.03 Å². The summed E-state index contributed by atoms with van der Waals surface area (Å²) in [5.74, 6) is 0. The summed E-state index contributed by atoms with van der Waals surface area (Å²) in [7, 11) is 0. The summed E-state index contributed by atoms with van der Waals surface area (Å²) < 4.78 is 5.48. The van der Waals surface area contributed by atoms with Gasteiger partial charge in [0.1, 0.15) is 0 Å². The Morgan fingerprint density at radius 2 is 2.04 bits per heavy atom. The van der Waals surface area contributed by atoms with Crippen LogP contribution < -0.4 is 10.6 Å². The van der Waals surface area contributed by atoms with Gasteiger partial charge in [0.2, 0.25) is 0 Å². The summed E-state index contributed by atoms with van der Waals surface area (Å²) >= 11 is 1.73. The first-order valence-corrected chi connectivity index (χ1v) is 9.51. The van der Waals surface area contributed by atoms with Gasteiger partial charge in [-0.05, 0) is 43.0 Å². The molecule has 2 heterocycles. The zero-order valence-electron chi connectivity index (χ0n) is 14.7. The van der Waals surface area contributed by atoms with Crippen LogP contribution in [0.5, 0.6) is 0 Å². The summed E-state index contributed by atoms with van der Waals surface area (Å²) in [6, 6.07) is 12.0. The van der Waals surface area contributed by atoms with E-state index in [1.54, 1.807) is 11.3 Å². The molecule has 2 amide bonds. The molecule has 1 saturated heterocycles. The summed E-state index contributed by atoms with van der Waals surface area (Å²) in [5.41, 5.74) is 1.93. The van der Waals surface area contributed by atoms with Crippen molar-refractivity contribution in [3.8, 4) is 0 Å². The van der Waals surface area contributed by atoms with Gasteiger partial charge in [-0.25, -0.2) is 4.79 Å². The highest BCUT2D eigenvalue weighted by atomic mass is 32.1. The van der Waals surface area contributed by atoms with Gasteiger partial charge in [0.15, 0.2) is 0 Å². The molecule has 0 radical (unpaired) electrons. The lowest BCUT2D eigenvalue weighted by Gasteiger charge is -2.37. The number of hydrogen-bond donors (Lipinski definition) is 2. The topological polar surface area (TPSA) is 53.6 Å². The number of ether oxygens (including phenoxy) is 1. The van der Waals surface area contributed by atoms with Gasteiger partial charge in [0, 0.05) is 29.7 Å². The maximum atomic E-state index is 12.4. The average molecular weight is 359 g/mol. The van der Waals surface area contributed by atoms with Crippen LogP contribution in [0.2, 0.25) is 0 Å². The highest BCUT2D eigenvalue weighted by Gasteiger charge is 2.29. The summed E-state index contributed by atoms with van der Waals surface area (Å²) in [6.45, 7) is 7.32. The van der Waals surface area contributed by atoms with Gasteiger partial charge in [-0.2, -0.15) is 0 Å². The number of amides is 2. The SMILES string of the molecule is Cc1cccc(NC(=O)N[C@H](C)[C@H](c2cccs2)N2CCOCC2)c1. The van der Waals surface area contributed by atoms with Crippen LogP contribution in [-0.2, 0) is 4.74 Å². The Balaban J connectivity index is 1.67. The molecule has 3 rings (SSSR count). The zero-order valence-corrected chi connectivity index (χ0v) is 15.5. The minimum Gasteiger partial charge on any atom is -0.379 e. The number of morpholine rings is 1. The lowest BCUT2D eigenvalue weighted by molar-refractivity contribution is 0.0106. The monoisotopic (exact) mass is 359 g/mol. The number of anilines is 1. The number of nitrogens with zero attached hydrogens (tertiary/aromatic N) is 1. The van der Waals surface area contributed by atoms with E-state index in [1.165, 1.54) is 4.88 Å². The van der Waals surface area contributed by atoms with Crippen LogP contribution in [0.15, 0.2) is 41.8 Å². The normalized spacial score (nSPS) is 17.7. The molecule has 6 heteroatoms. The van der Waals surface area contributed by atoms with Crippen LogP contribution in [0.3, 0.4) is 0 Å². The highest BCUT2D eigenvalue weighted by molar-refractivity contribution is 7.10. The second-order valence-corrected chi connectivity index (χ2v) is 7.34. The van der Waals surface area contributed by atoms with E-state index in [4.69, 9.17) is 4.74 Å². The van der Waals surface area contributed by atoms with Crippen LogP contribution in [0, 0.1) is 6.92 Å². The molecule has 0 saturated carbocycles. The first-order chi connectivity index (χ1) is 12.1. The molecule has 0 spiro atoms. The minimum absolute atomic E-state index is 0.0124. The molecule has 0 aliphatic carbocycles. The van der Waals surface area contributed by atoms with Gasteiger partial charge in [-0.15, -0.1) is 11.3 Å². The Hall–Kier alpha value is -1.89. The van der Waals surface area contributed by atoms with E-state index >= 15 is 0 Å². The van der Waals surface area contributed by atoms with E-state index in [-0.39, 0.29) is 18.1 Å². The molecule has 0 bridgehead atoms. The van der Waals surface area contributed by atoms with E-state index in [2.05, 4.69) is 40.0 Å². The fourth-order valence-electron chi connectivity index (χ4n) is 3.23. The van der Waals surface area contributed by atoms with Gasteiger partial charge in [0.05, 0.1) is 19.3 Å². The van der Waals surface area contributed by atoms with Crippen molar-refractivity contribution in [1.29, 1.82) is 0 Å². The molecule has 2 aromatic rings. The molecule has 2 N–H and O–H groups in total. The number of hydrogen-bond acceptors (Lipinski definition) is 4. The number of urea groups is 1. The van der Waals surface area contributed by atoms with Crippen molar-refractivity contribution in [2.24, 2.45) is 0 Å². The summed E-state index contributed by atoms with van der Waals surface area (Å²) in [4.78, 5) is 16.1. The molecule has 1 aliphatic heterocycles. The quantitative estimate of drug-likeness (QED) is 0.857. The zero-order chi connectivity index (χ0) is 17.6. The van der Waals surface area contributed by atoms with E-state index in [9.17, 15) is 4.79 Å². The second kappa shape index (κ2) is 8.47. The van der Waals surface area contributed by atoms with Crippen LogP contribution in [0.4, 0.5) is 10.5 Å². The van der Waals surface area contributed by atoms with Crippen LogP contribution in [-0.4, -0.2) is 43.3 Å². The minimum atomic E-state index is -0.173. The fourth-order valence-corrected chi connectivity index (χ4v) is 4.20. The third-order valence-corrected chi connectivity index (χ3v) is 5.33. The van der Waals surface area contributed by atoms with Gasteiger partial charge in [-0.3, -0.25) is 4.90 Å². The maximum absolute atomic E-state index is 12.4. The van der Waals surface area contributed by atoms with Crippen molar-refractivity contribution in [2.45, 2.75) is 25.9 Å². The van der Waals surface area contributed by atoms with Crippen molar-refractivity contribution >= 4 is 23.1 Å². The lowest BCUT2D eigenvalue weighted by Crippen LogP contribution is -2.49. The predicted octanol–water partition coefficient (Wildman–Crippen LogP) is 3.64. The van der Waals surface area contributed by atoms with Crippen molar-refractivity contribution in [1.82, 2.24) is 10.2 Å². The van der Waals surface area contributed by atoms with Crippen molar-refractivity contribution in [3.63, 3.8) is 0 Å². The Morgan fingerprint density at radius 3 is 2.72 bits per heavy atom. The van der Waals surface area contributed by atoms with E-state index in [1.807, 2.05) is 31.2 Å².